The van der Waals surface area contributed by atoms with Gasteiger partial charge in [0, 0.05) is 27.9 Å². The van der Waals surface area contributed by atoms with Crippen LogP contribution in [0.25, 0.3) is 0 Å². The summed E-state index contributed by atoms with van der Waals surface area (Å²) in [5.74, 6) is -5.18. The lowest BCUT2D eigenvalue weighted by atomic mass is 9.96. The monoisotopic (exact) mass is 1010 g/mol. The van der Waals surface area contributed by atoms with E-state index >= 15 is 0 Å². The van der Waals surface area contributed by atoms with Crippen molar-refractivity contribution in [2.75, 3.05) is 52.9 Å². The average Bonchev–Trinajstić information content (AvgIpc) is 3.31. The molecule has 2 heterocycles. The predicted molar refractivity (Wildman–Crippen MR) is 232 cm³/mol. The van der Waals surface area contributed by atoms with Crippen LogP contribution in [0.2, 0.25) is 0 Å². The summed E-state index contributed by atoms with van der Waals surface area (Å²) in [6, 6.07) is 0. The molecule has 2 fully saturated rings. The first-order chi connectivity index (χ1) is 32.9. The third kappa shape index (κ3) is 17.9. The maximum Gasteiger partial charge on any atom is 0.335 e. The lowest BCUT2D eigenvalue weighted by Gasteiger charge is -2.47. The van der Waals surface area contributed by atoms with Gasteiger partial charge in [0.25, 0.3) is 0 Å². The van der Waals surface area contributed by atoms with Crippen LogP contribution in [0.1, 0.15) is 34.6 Å². The fourth-order valence-corrected chi connectivity index (χ4v) is 6.08. The highest BCUT2D eigenvalue weighted by Gasteiger charge is 2.54. The summed E-state index contributed by atoms with van der Waals surface area (Å²) in [4.78, 5) is 62.9. The van der Waals surface area contributed by atoms with Gasteiger partial charge < -0.3 is 103 Å². The minimum absolute atomic E-state index is 0.0700. The van der Waals surface area contributed by atoms with Gasteiger partial charge >= 0.3 is 29.8 Å². The maximum absolute atomic E-state index is 13.1. The zero-order valence-corrected chi connectivity index (χ0v) is 39.4. The van der Waals surface area contributed by atoms with Crippen LogP contribution in [-0.2, 0) is 80.8 Å². The van der Waals surface area contributed by atoms with Gasteiger partial charge in [-0.15, -0.1) is 0 Å². The lowest BCUT2D eigenvalue weighted by Crippen LogP contribution is -2.66. The van der Waals surface area contributed by atoms with Gasteiger partial charge in [0.05, 0.1) is 33.0 Å². The van der Waals surface area contributed by atoms with Gasteiger partial charge in [-0.1, -0.05) is 32.9 Å². The Labute approximate surface area is 402 Å². The Hall–Kier alpha value is -4.59. The van der Waals surface area contributed by atoms with Crippen LogP contribution in [-0.4, -0.2) is 227 Å². The fraction of sp³-hybridized carbons (Fsp3) is 0.659. The Morgan fingerprint density at radius 2 is 0.943 bits per heavy atom. The molecule has 70 heavy (non-hydrogen) atoms. The number of hydrogen-bond acceptors (Lipinski definition) is 26. The second kappa shape index (κ2) is 29.7. The third-order valence-corrected chi connectivity index (χ3v) is 9.91. The minimum atomic E-state index is -2.17. The van der Waals surface area contributed by atoms with E-state index in [-0.39, 0.29) is 27.9 Å². The molecule has 26 heteroatoms. The number of carbonyl (C=O) groups excluding carboxylic acids is 5. The van der Waals surface area contributed by atoms with Crippen molar-refractivity contribution in [1.82, 2.24) is 0 Å². The molecule has 9 N–H and O–H groups in total. The fourth-order valence-electron chi connectivity index (χ4n) is 6.08. The van der Waals surface area contributed by atoms with Crippen molar-refractivity contribution in [1.29, 1.82) is 0 Å². The number of ether oxygens (including phenoxy) is 12. The summed E-state index contributed by atoms with van der Waals surface area (Å²) in [5, 5.41) is 95.4. The molecule has 0 amide bonds. The number of esters is 5. The standard InChI is InChI=1S/C44H66O26/c1-19(2)38(54)59-17-28(63-30(15-49)61-24(11-45)25(12-46)62-31(16-50)67-40(56)21(5)6)26(13-47)64-44-37(69-42(58)23(9)10)33(52)35(29(66-44)18-60-39(55)20(3)4)70-43-34(53)36(68-41(57)22(7)8)32(51)27(14-48)65-43/h24-37,43-53H,1,3,5,7,9,11-18H2,2,4,6,8,10H3/t24-,25?,26?,27?,28?,29?,30+,31-,32+,33?,34?,35+,36?,37?,43-,44+/m0/s1. The molecule has 398 valence electrons. The van der Waals surface area contributed by atoms with E-state index < -0.39 is 181 Å². The van der Waals surface area contributed by atoms with Crippen molar-refractivity contribution in [3.8, 4) is 0 Å². The highest BCUT2D eigenvalue weighted by molar-refractivity contribution is 5.88. The van der Waals surface area contributed by atoms with E-state index in [4.69, 9.17) is 56.8 Å². The summed E-state index contributed by atoms with van der Waals surface area (Å²) in [6.07, 6.45) is -29.7. The van der Waals surface area contributed by atoms with Gasteiger partial charge in [0.15, 0.2) is 31.1 Å². The van der Waals surface area contributed by atoms with Crippen molar-refractivity contribution in [2.24, 2.45) is 0 Å². The van der Waals surface area contributed by atoms with Crippen LogP contribution >= 0.6 is 0 Å². The molecule has 0 aromatic rings. The van der Waals surface area contributed by atoms with Gasteiger partial charge in [-0.3, -0.25) is 0 Å². The largest absolute Gasteiger partial charge is 0.459 e. The second-order valence-corrected chi connectivity index (χ2v) is 16.1. The van der Waals surface area contributed by atoms with Crippen LogP contribution < -0.4 is 0 Å². The van der Waals surface area contributed by atoms with E-state index in [0.717, 1.165) is 0 Å². The second-order valence-electron chi connectivity index (χ2n) is 16.1. The molecule has 0 spiro atoms. The van der Waals surface area contributed by atoms with Crippen LogP contribution in [0.15, 0.2) is 60.8 Å². The molecule has 0 aromatic carbocycles. The maximum atomic E-state index is 13.1. The molecule has 0 aliphatic carbocycles. The molecule has 2 aliphatic heterocycles. The summed E-state index contributed by atoms with van der Waals surface area (Å²) < 4.78 is 67.0. The number of aliphatic hydroxyl groups is 9. The molecule has 0 aromatic heterocycles. The number of carbonyl (C=O) groups is 5. The molecular weight excluding hydrogens is 944 g/mol. The zero-order valence-electron chi connectivity index (χ0n) is 39.4. The van der Waals surface area contributed by atoms with Crippen LogP contribution in [0.5, 0.6) is 0 Å². The SMILES string of the molecule is C=C(C)C(=O)OCC(O[C@H](CO)O[C@@H](CO)C(CO)O[C@H](CO)OC(=O)C(=C)C)C(CO)O[C@@H]1OC(COC(=O)C(=C)C)[C@@H](O[C@@H]2OC(CO)[C@@H](O)C(OC(=O)C(=C)C)C2O)C(O)C1OC(=O)C(=C)C. The van der Waals surface area contributed by atoms with Gasteiger partial charge in [-0.2, -0.15) is 0 Å². The van der Waals surface area contributed by atoms with Gasteiger partial charge in [-0.05, 0) is 34.6 Å². The van der Waals surface area contributed by atoms with E-state index in [1.54, 1.807) is 0 Å². The topological polar surface area (TPSA) is 378 Å². The van der Waals surface area contributed by atoms with E-state index in [1.807, 2.05) is 0 Å². The van der Waals surface area contributed by atoms with E-state index in [1.165, 1.54) is 34.6 Å². The highest BCUT2D eigenvalue weighted by Crippen LogP contribution is 2.33. The first-order valence-corrected chi connectivity index (χ1v) is 21.4. The Kier molecular flexibility index (Phi) is 26.1. The van der Waals surface area contributed by atoms with Crippen LogP contribution in [0.3, 0.4) is 0 Å². The van der Waals surface area contributed by atoms with Crippen molar-refractivity contribution in [3.63, 3.8) is 0 Å². The average molecular weight is 1010 g/mol. The van der Waals surface area contributed by atoms with Crippen molar-refractivity contribution in [3.05, 3.63) is 60.8 Å². The molecule has 0 saturated carbocycles. The Bertz CT molecular complexity index is 1820. The number of rotatable bonds is 30. The summed E-state index contributed by atoms with van der Waals surface area (Å²) >= 11 is 0. The Balaban J connectivity index is 2.66. The lowest BCUT2D eigenvalue weighted by molar-refractivity contribution is -0.368. The summed E-state index contributed by atoms with van der Waals surface area (Å²) in [6.45, 7) is 16.2. The Morgan fingerprint density at radius 1 is 0.486 bits per heavy atom. The zero-order chi connectivity index (χ0) is 53.2. The van der Waals surface area contributed by atoms with Crippen LogP contribution in [0, 0.1) is 0 Å². The molecule has 0 bridgehead atoms. The number of hydrogen-bond donors (Lipinski definition) is 9. The quantitative estimate of drug-likeness (QED) is 0.0145. The summed E-state index contributed by atoms with van der Waals surface area (Å²) in [5.41, 5.74) is -0.652. The van der Waals surface area contributed by atoms with Gasteiger partial charge in [0.1, 0.15) is 80.9 Å². The van der Waals surface area contributed by atoms with E-state index in [9.17, 15) is 69.9 Å². The van der Waals surface area contributed by atoms with Crippen LogP contribution in [0.4, 0.5) is 0 Å². The normalized spacial score (nSPS) is 27.0. The molecule has 16 atom stereocenters. The molecule has 2 aliphatic rings. The molecule has 2 saturated heterocycles. The minimum Gasteiger partial charge on any atom is -0.459 e. The highest BCUT2D eigenvalue weighted by atomic mass is 16.8. The van der Waals surface area contributed by atoms with Gasteiger partial charge in [0.2, 0.25) is 6.29 Å². The first-order valence-electron chi connectivity index (χ1n) is 21.4. The molecule has 0 radical (unpaired) electrons. The van der Waals surface area contributed by atoms with Crippen molar-refractivity contribution < 1.29 is 127 Å². The van der Waals surface area contributed by atoms with Gasteiger partial charge in [-0.25, -0.2) is 24.0 Å². The van der Waals surface area contributed by atoms with E-state index in [0.29, 0.717) is 0 Å². The summed E-state index contributed by atoms with van der Waals surface area (Å²) in [7, 11) is 0. The third-order valence-electron chi connectivity index (χ3n) is 9.91. The molecule has 26 nitrogen and oxygen atoms in total. The van der Waals surface area contributed by atoms with E-state index in [2.05, 4.69) is 32.9 Å². The Morgan fingerprint density at radius 3 is 1.41 bits per heavy atom. The number of aliphatic hydroxyl groups excluding tert-OH is 9. The predicted octanol–water partition coefficient (Wildman–Crippen LogP) is -3.62. The van der Waals surface area contributed by atoms with Crippen molar-refractivity contribution in [2.45, 2.75) is 133 Å². The van der Waals surface area contributed by atoms with Crippen molar-refractivity contribution >= 4 is 29.8 Å². The molecular formula is C44H66O26. The molecule has 9 unspecified atom stereocenters. The first kappa shape index (κ1) is 61.5. The molecule has 2 rings (SSSR count). The smallest absolute Gasteiger partial charge is 0.335 e.